The zero-order chi connectivity index (χ0) is 16.2. The van der Waals surface area contributed by atoms with E-state index < -0.39 is 0 Å². The fourth-order valence-electron chi connectivity index (χ4n) is 3.17. The van der Waals surface area contributed by atoms with Gasteiger partial charge < -0.3 is 15.8 Å². The molecule has 0 spiro atoms. The number of nitrogens with one attached hydrogen (secondary N) is 1. The number of rotatable bonds is 6. The predicted octanol–water partition coefficient (Wildman–Crippen LogP) is -0.837. The van der Waals surface area contributed by atoms with E-state index in [9.17, 15) is 9.59 Å². The first kappa shape index (κ1) is 17.2. The summed E-state index contributed by atoms with van der Waals surface area (Å²) >= 11 is 0. The maximum Gasteiger partial charge on any atom is 0.234 e. The van der Waals surface area contributed by atoms with Gasteiger partial charge in [0.1, 0.15) is 0 Å². The lowest BCUT2D eigenvalue weighted by Crippen LogP contribution is -2.56. The number of morpholine rings is 1. The van der Waals surface area contributed by atoms with Crippen molar-refractivity contribution in [3.63, 3.8) is 0 Å². The largest absolute Gasteiger partial charge is 0.379 e. The van der Waals surface area contributed by atoms with Crippen LogP contribution >= 0.6 is 0 Å². The van der Waals surface area contributed by atoms with E-state index in [0.29, 0.717) is 6.54 Å². The van der Waals surface area contributed by atoms with E-state index in [1.807, 2.05) is 4.90 Å². The van der Waals surface area contributed by atoms with E-state index in [4.69, 9.17) is 10.5 Å². The molecule has 1 atom stereocenters. The van der Waals surface area contributed by atoms with Crippen molar-refractivity contribution in [2.45, 2.75) is 38.3 Å². The Balaban J connectivity index is 1.78. The number of nitrogens with zero attached hydrogens (tertiary/aromatic N) is 2. The number of hydrogen-bond donors (Lipinski definition) is 2. The Bertz CT molecular complexity index is 408. The lowest BCUT2D eigenvalue weighted by atomic mass is 10.0. The quantitative estimate of drug-likeness (QED) is 0.668. The minimum Gasteiger partial charge on any atom is -0.379 e. The molecule has 2 fully saturated rings. The average Bonchev–Trinajstić information content (AvgIpc) is 2.94. The second-order valence-corrected chi connectivity index (χ2v) is 6.72. The summed E-state index contributed by atoms with van der Waals surface area (Å²) in [6, 6.07) is -0.294. The van der Waals surface area contributed by atoms with Gasteiger partial charge in [-0.25, -0.2) is 0 Å². The number of primary amides is 1. The Morgan fingerprint density at radius 2 is 1.95 bits per heavy atom. The summed E-state index contributed by atoms with van der Waals surface area (Å²) in [6.07, 6.45) is 1.67. The van der Waals surface area contributed by atoms with Gasteiger partial charge in [0.25, 0.3) is 0 Å². The molecule has 7 heteroatoms. The number of amides is 2. The molecule has 0 aliphatic carbocycles. The molecule has 0 bridgehead atoms. The highest BCUT2D eigenvalue weighted by Gasteiger charge is 2.32. The van der Waals surface area contributed by atoms with Crippen LogP contribution in [-0.4, -0.2) is 79.1 Å². The molecule has 126 valence electrons. The molecule has 2 heterocycles. The summed E-state index contributed by atoms with van der Waals surface area (Å²) in [5.74, 6) is -0.381. The summed E-state index contributed by atoms with van der Waals surface area (Å²) in [7, 11) is 0. The maximum atomic E-state index is 12.1. The van der Waals surface area contributed by atoms with Crippen LogP contribution in [0.1, 0.15) is 26.7 Å². The van der Waals surface area contributed by atoms with Crippen molar-refractivity contribution in [2.75, 3.05) is 45.9 Å². The molecule has 3 N–H and O–H groups in total. The van der Waals surface area contributed by atoms with Crippen molar-refractivity contribution in [3.8, 4) is 0 Å². The van der Waals surface area contributed by atoms with Crippen molar-refractivity contribution < 1.29 is 14.3 Å². The van der Waals surface area contributed by atoms with Crippen molar-refractivity contribution in [2.24, 2.45) is 5.73 Å². The van der Waals surface area contributed by atoms with Gasteiger partial charge in [-0.2, -0.15) is 0 Å². The number of carbonyl (C=O) groups is 2. The number of ether oxygens (including phenoxy) is 1. The lowest BCUT2D eigenvalue weighted by molar-refractivity contribution is -0.126. The Hall–Kier alpha value is -1.18. The fraction of sp³-hybridized carbons (Fsp3) is 0.867. The molecule has 2 aliphatic rings. The summed E-state index contributed by atoms with van der Waals surface area (Å²) in [6.45, 7) is 9.09. The topological polar surface area (TPSA) is 87.9 Å². The highest BCUT2D eigenvalue weighted by Crippen LogP contribution is 2.17. The SMILES string of the molecule is CC(C)(CNC(=O)CN1CCCC1C(N)=O)N1CCOCC1. The molecule has 0 aromatic heterocycles. The second kappa shape index (κ2) is 7.39. The van der Waals surface area contributed by atoms with Crippen molar-refractivity contribution in [1.82, 2.24) is 15.1 Å². The van der Waals surface area contributed by atoms with Crippen LogP contribution in [0.3, 0.4) is 0 Å². The van der Waals surface area contributed by atoms with Crippen LogP contribution in [0.25, 0.3) is 0 Å². The molecule has 2 aliphatic heterocycles. The highest BCUT2D eigenvalue weighted by atomic mass is 16.5. The predicted molar refractivity (Wildman–Crippen MR) is 83.3 cm³/mol. The molecular weight excluding hydrogens is 284 g/mol. The van der Waals surface area contributed by atoms with Gasteiger partial charge in [-0.15, -0.1) is 0 Å². The molecule has 0 aromatic rings. The Labute approximate surface area is 132 Å². The zero-order valence-corrected chi connectivity index (χ0v) is 13.6. The van der Waals surface area contributed by atoms with E-state index >= 15 is 0 Å². The molecule has 2 amide bonds. The molecule has 2 rings (SSSR count). The third-order valence-corrected chi connectivity index (χ3v) is 4.62. The summed E-state index contributed by atoms with van der Waals surface area (Å²) in [5, 5.41) is 2.99. The molecule has 22 heavy (non-hydrogen) atoms. The van der Waals surface area contributed by atoms with Crippen LogP contribution in [0.5, 0.6) is 0 Å². The number of hydrogen-bond acceptors (Lipinski definition) is 5. The molecular formula is C15H28N4O3. The van der Waals surface area contributed by atoms with Gasteiger partial charge in [0.05, 0.1) is 25.8 Å². The fourth-order valence-corrected chi connectivity index (χ4v) is 3.17. The van der Waals surface area contributed by atoms with E-state index in [-0.39, 0.29) is 29.9 Å². The smallest absolute Gasteiger partial charge is 0.234 e. The van der Waals surface area contributed by atoms with E-state index in [2.05, 4.69) is 24.1 Å². The van der Waals surface area contributed by atoms with Gasteiger partial charge in [-0.3, -0.25) is 19.4 Å². The van der Waals surface area contributed by atoms with Gasteiger partial charge >= 0.3 is 0 Å². The third kappa shape index (κ3) is 4.41. The van der Waals surface area contributed by atoms with Crippen LogP contribution in [0.2, 0.25) is 0 Å². The molecule has 1 unspecified atom stereocenters. The first-order valence-electron chi connectivity index (χ1n) is 8.03. The molecule has 7 nitrogen and oxygen atoms in total. The van der Waals surface area contributed by atoms with Crippen LogP contribution in [0.4, 0.5) is 0 Å². The van der Waals surface area contributed by atoms with Gasteiger partial charge in [0, 0.05) is 25.2 Å². The summed E-state index contributed by atoms with van der Waals surface area (Å²) in [5.41, 5.74) is 5.27. The maximum absolute atomic E-state index is 12.1. The first-order chi connectivity index (χ1) is 10.4. The average molecular weight is 312 g/mol. The number of carbonyl (C=O) groups excluding carboxylic acids is 2. The van der Waals surface area contributed by atoms with Crippen LogP contribution in [-0.2, 0) is 14.3 Å². The number of nitrogens with two attached hydrogens (primary N) is 1. The van der Waals surface area contributed by atoms with Gasteiger partial charge in [-0.05, 0) is 33.2 Å². The third-order valence-electron chi connectivity index (χ3n) is 4.62. The van der Waals surface area contributed by atoms with Gasteiger partial charge in [-0.1, -0.05) is 0 Å². The standard InChI is InChI=1S/C15H28N4O3/c1-15(2,19-6-8-22-9-7-19)11-17-13(20)10-18-5-3-4-12(18)14(16)21/h12H,3-11H2,1-2H3,(H2,16,21)(H,17,20). The normalized spacial score (nSPS) is 24.4. The monoisotopic (exact) mass is 312 g/mol. The van der Waals surface area contributed by atoms with E-state index in [1.54, 1.807) is 0 Å². The van der Waals surface area contributed by atoms with Crippen molar-refractivity contribution >= 4 is 11.8 Å². The van der Waals surface area contributed by atoms with Crippen molar-refractivity contribution in [3.05, 3.63) is 0 Å². The van der Waals surface area contributed by atoms with Crippen LogP contribution in [0.15, 0.2) is 0 Å². The molecule has 0 saturated carbocycles. The molecule has 2 saturated heterocycles. The minimum absolute atomic E-state index is 0.0468. The minimum atomic E-state index is -0.334. The molecule has 0 radical (unpaired) electrons. The van der Waals surface area contributed by atoms with E-state index in [1.165, 1.54) is 0 Å². The van der Waals surface area contributed by atoms with Crippen molar-refractivity contribution in [1.29, 1.82) is 0 Å². The van der Waals surface area contributed by atoms with Crippen LogP contribution in [0, 0.1) is 0 Å². The Morgan fingerprint density at radius 1 is 1.27 bits per heavy atom. The Kier molecular flexibility index (Phi) is 5.77. The highest BCUT2D eigenvalue weighted by molar-refractivity contribution is 5.82. The molecule has 0 aromatic carbocycles. The lowest BCUT2D eigenvalue weighted by Gasteiger charge is -2.41. The van der Waals surface area contributed by atoms with E-state index in [0.717, 1.165) is 45.7 Å². The summed E-state index contributed by atoms with van der Waals surface area (Å²) < 4.78 is 5.36. The van der Waals surface area contributed by atoms with Crippen LogP contribution < -0.4 is 11.1 Å². The zero-order valence-electron chi connectivity index (χ0n) is 13.6. The van der Waals surface area contributed by atoms with Gasteiger partial charge in [0.15, 0.2) is 0 Å². The second-order valence-electron chi connectivity index (χ2n) is 6.72. The Morgan fingerprint density at radius 3 is 2.59 bits per heavy atom. The van der Waals surface area contributed by atoms with Gasteiger partial charge in [0.2, 0.25) is 11.8 Å². The summed E-state index contributed by atoms with van der Waals surface area (Å²) in [4.78, 5) is 27.7. The number of likely N-dealkylation sites (tertiary alicyclic amines) is 1. The first-order valence-corrected chi connectivity index (χ1v) is 8.03.